The van der Waals surface area contributed by atoms with Crippen LogP contribution in [-0.2, 0) is 39.9 Å². The number of benzene rings is 2. The minimum absolute atomic E-state index is 0.133. The van der Waals surface area contributed by atoms with Crippen LogP contribution in [0.25, 0.3) is 0 Å². The van der Waals surface area contributed by atoms with Crippen molar-refractivity contribution < 1.29 is 45.9 Å². The lowest BCUT2D eigenvalue weighted by molar-refractivity contribution is -0.123. The van der Waals surface area contributed by atoms with E-state index in [0.717, 1.165) is 48.3 Å². The van der Waals surface area contributed by atoms with Crippen LogP contribution in [0, 0.1) is 5.92 Å². The lowest BCUT2D eigenvalue weighted by Gasteiger charge is -2.44. The quantitative estimate of drug-likeness (QED) is 0.230. The van der Waals surface area contributed by atoms with Crippen molar-refractivity contribution in [3.63, 3.8) is 0 Å². The van der Waals surface area contributed by atoms with Gasteiger partial charge < -0.3 is 38.8 Å². The number of nitrogens with one attached hydrogen (secondary N) is 1. The molecule has 0 aliphatic carbocycles. The van der Waals surface area contributed by atoms with Crippen LogP contribution in [0.3, 0.4) is 0 Å². The zero-order chi connectivity index (χ0) is 34.9. The molecule has 2 aliphatic rings. The predicted octanol–water partition coefficient (Wildman–Crippen LogP) is 3.56. The standard InChI is InChI=1S/C34H49N3O10S/c1-34(2,3)47-33(39)37-20-26(19-35-31(38)23-46-48(6,40)41)32(25-9-11-27(43-5)12-10-25)30(21-37)45-22-24-8-13-29-28(18-24)36(15-17-44-29)14-7-16-42-4/h8-13,18,26,30,32H,7,14-17,19-23H2,1-6H3,(H,35,38)/t26-,30+,32+/m1/s1. The zero-order valence-corrected chi connectivity index (χ0v) is 29.5. The number of carbonyl (C=O) groups is 2. The van der Waals surface area contributed by atoms with Gasteiger partial charge in [0.05, 0.1) is 44.9 Å². The summed E-state index contributed by atoms with van der Waals surface area (Å²) >= 11 is 0. The number of carbonyl (C=O) groups excluding carboxylic acids is 2. The minimum atomic E-state index is -3.80. The average Bonchev–Trinajstić information content (AvgIpc) is 3.04. The summed E-state index contributed by atoms with van der Waals surface area (Å²) in [6, 6.07) is 13.7. The van der Waals surface area contributed by atoms with Crippen LogP contribution in [0.15, 0.2) is 42.5 Å². The summed E-state index contributed by atoms with van der Waals surface area (Å²) in [5, 5.41) is 2.79. The van der Waals surface area contributed by atoms with E-state index < -0.39 is 40.4 Å². The molecule has 48 heavy (non-hydrogen) atoms. The number of ether oxygens (including phenoxy) is 5. The Kier molecular flexibility index (Phi) is 12.9. The molecule has 4 rings (SSSR count). The Morgan fingerprint density at radius 1 is 1.06 bits per heavy atom. The molecule has 2 aliphatic heterocycles. The van der Waals surface area contributed by atoms with Crippen molar-refractivity contribution in [2.75, 3.05) is 77.9 Å². The fraction of sp³-hybridized carbons (Fsp3) is 0.588. The van der Waals surface area contributed by atoms with Crippen molar-refractivity contribution in [2.24, 2.45) is 5.92 Å². The molecule has 1 N–H and O–H groups in total. The fourth-order valence-electron chi connectivity index (χ4n) is 5.94. The molecule has 1 saturated heterocycles. The van der Waals surface area contributed by atoms with Gasteiger partial charge in [0.2, 0.25) is 5.91 Å². The molecule has 14 heteroatoms. The second kappa shape index (κ2) is 16.7. The SMILES string of the molecule is COCCCN1CCOc2ccc(CO[C@H]3CN(C(=O)OC(C)(C)C)C[C@@H](CNC(=O)COS(C)(=O)=O)[C@@H]3c3ccc(OC)cc3)cc21. The second-order valence-electron chi connectivity index (χ2n) is 13.0. The second-order valence-corrected chi connectivity index (χ2v) is 14.7. The van der Waals surface area contributed by atoms with Crippen molar-refractivity contribution in [3.05, 3.63) is 53.6 Å². The van der Waals surface area contributed by atoms with Crippen molar-refractivity contribution in [2.45, 2.75) is 51.4 Å². The Morgan fingerprint density at radius 2 is 1.81 bits per heavy atom. The normalized spacial score (nSPS) is 19.7. The summed E-state index contributed by atoms with van der Waals surface area (Å²) in [6.45, 7) is 8.59. The van der Waals surface area contributed by atoms with E-state index in [1.54, 1.807) is 39.9 Å². The number of piperidine rings is 1. The Bertz CT molecular complexity index is 1480. The van der Waals surface area contributed by atoms with Crippen LogP contribution in [0.4, 0.5) is 10.5 Å². The van der Waals surface area contributed by atoms with Crippen LogP contribution in [0.1, 0.15) is 44.2 Å². The molecule has 13 nitrogen and oxygen atoms in total. The number of amides is 2. The first-order valence-electron chi connectivity index (χ1n) is 16.1. The third kappa shape index (κ3) is 11.0. The van der Waals surface area contributed by atoms with Gasteiger partial charge in [0.1, 0.15) is 30.3 Å². The van der Waals surface area contributed by atoms with E-state index in [1.807, 2.05) is 36.4 Å². The first-order valence-corrected chi connectivity index (χ1v) is 17.9. The maximum absolute atomic E-state index is 13.4. The number of fused-ring (bicyclic) bond motifs is 1. The summed E-state index contributed by atoms with van der Waals surface area (Å²) in [7, 11) is -0.503. The van der Waals surface area contributed by atoms with Gasteiger partial charge >= 0.3 is 6.09 Å². The van der Waals surface area contributed by atoms with E-state index in [0.29, 0.717) is 19.0 Å². The first-order chi connectivity index (χ1) is 22.8. The Labute approximate surface area is 283 Å². The van der Waals surface area contributed by atoms with Crippen LogP contribution < -0.4 is 19.7 Å². The van der Waals surface area contributed by atoms with E-state index in [-0.39, 0.29) is 38.1 Å². The number of hydrogen-bond donors (Lipinski definition) is 1. The molecule has 0 aromatic heterocycles. The van der Waals surface area contributed by atoms with Crippen LogP contribution in [0.5, 0.6) is 11.5 Å². The van der Waals surface area contributed by atoms with Gasteiger partial charge in [0.15, 0.2) is 0 Å². The Hall–Kier alpha value is -3.59. The maximum atomic E-state index is 13.4. The van der Waals surface area contributed by atoms with E-state index >= 15 is 0 Å². The average molecular weight is 692 g/mol. The van der Waals surface area contributed by atoms with Crippen molar-refractivity contribution in [3.8, 4) is 11.5 Å². The van der Waals surface area contributed by atoms with Gasteiger partial charge in [-0.25, -0.2) is 4.79 Å². The lowest BCUT2D eigenvalue weighted by Crippen LogP contribution is -2.54. The molecule has 1 fully saturated rings. The Balaban J connectivity index is 1.61. The molecule has 0 saturated carbocycles. The van der Waals surface area contributed by atoms with E-state index in [4.69, 9.17) is 23.7 Å². The molecule has 2 aromatic rings. The largest absolute Gasteiger partial charge is 0.497 e. The highest BCUT2D eigenvalue weighted by molar-refractivity contribution is 7.86. The van der Waals surface area contributed by atoms with E-state index in [1.165, 1.54) is 0 Å². The molecule has 0 spiro atoms. The van der Waals surface area contributed by atoms with Gasteiger partial charge in [0, 0.05) is 45.2 Å². The first kappa shape index (κ1) is 37.2. The number of rotatable bonds is 14. The molecular formula is C34H49N3O10S. The summed E-state index contributed by atoms with van der Waals surface area (Å²) < 4.78 is 56.6. The molecular weight excluding hydrogens is 642 g/mol. The number of likely N-dealkylation sites (tertiary alicyclic amines) is 1. The molecule has 2 amide bonds. The molecule has 2 heterocycles. The van der Waals surface area contributed by atoms with Crippen molar-refractivity contribution >= 4 is 27.8 Å². The smallest absolute Gasteiger partial charge is 0.410 e. The van der Waals surface area contributed by atoms with Crippen LogP contribution in [-0.4, -0.2) is 110 Å². The molecule has 0 bridgehead atoms. The molecule has 266 valence electrons. The predicted molar refractivity (Wildman–Crippen MR) is 180 cm³/mol. The van der Waals surface area contributed by atoms with Crippen LogP contribution in [0.2, 0.25) is 0 Å². The van der Waals surface area contributed by atoms with Gasteiger partial charge in [-0.1, -0.05) is 18.2 Å². The number of anilines is 1. The van der Waals surface area contributed by atoms with Gasteiger partial charge in [-0.3, -0.25) is 8.98 Å². The summed E-state index contributed by atoms with van der Waals surface area (Å²) in [6.07, 6.45) is 0.801. The van der Waals surface area contributed by atoms with Crippen LogP contribution >= 0.6 is 0 Å². The molecule has 2 aromatic carbocycles. The van der Waals surface area contributed by atoms with Crippen molar-refractivity contribution in [1.82, 2.24) is 10.2 Å². The third-order valence-electron chi connectivity index (χ3n) is 8.10. The van der Waals surface area contributed by atoms with E-state index in [2.05, 4.69) is 20.5 Å². The highest BCUT2D eigenvalue weighted by Crippen LogP contribution is 2.38. The number of methoxy groups -OCH3 is 2. The van der Waals surface area contributed by atoms with E-state index in [9.17, 15) is 18.0 Å². The molecule has 0 unspecified atom stereocenters. The topological polar surface area (TPSA) is 142 Å². The monoisotopic (exact) mass is 691 g/mol. The van der Waals surface area contributed by atoms with Gasteiger partial charge in [-0.05, 0) is 62.6 Å². The zero-order valence-electron chi connectivity index (χ0n) is 28.7. The summed E-state index contributed by atoms with van der Waals surface area (Å²) in [5.41, 5.74) is 2.18. The van der Waals surface area contributed by atoms with Gasteiger partial charge in [0.25, 0.3) is 10.1 Å². The highest BCUT2D eigenvalue weighted by Gasteiger charge is 2.41. The number of hydrogen-bond acceptors (Lipinski definition) is 11. The van der Waals surface area contributed by atoms with Gasteiger partial charge in [-0.2, -0.15) is 8.42 Å². The summed E-state index contributed by atoms with van der Waals surface area (Å²) in [4.78, 5) is 29.9. The van der Waals surface area contributed by atoms with Gasteiger partial charge in [-0.15, -0.1) is 0 Å². The minimum Gasteiger partial charge on any atom is -0.497 e. The van der Waals surface area contributed by atoms with Crippen molar-refractivity contribution in [1.29, 1.82) is 0 Å². The fourth-order valence-corrected chi connectivity index (χ4v) is 6.26. The molecule has 3 atom stereocenters. The lowest BCUT2D eigenvalue weighted by atomic mass is 9.78. The highest BCUT2D eigenvalue weighted by atomic mass is 32.2. The third-order valence-corrected chi connectivity index (χ3v) is 8.65. The Morgan fingerprint density at radius 3 is 2.48 bits per heavy atom. The maximum Gasteiger partial charge on any atom is 0.410 e. The summed E-state index contributed by atoms with van der Waals surface area (Å²) in [5.74, 6) is 0.351. The molecule has 0 radical (unpaired) electrons. The number of nitrogens with zero attached hydrogens (tertiary/aromatic N) is 2.